The van der Waals surface area contributed by atoms with Crippen LogP contribution < -0.4 is 0 Å². The SMILES string of the molecule is CCOC(CCC(O)c1ccc(C#N)cc1COC)OC. The van der Waals surface area contributed by atoms with Gasteiger partial charge in [0.25, 0.3) is 0 Å². The molecule has 0 amide bonds. The second kappa shape index (κ2) is 9.48. The number of ether oxygens (including phenoxy) is 3. The first-order chi connectivity index (χ1) is 10.2. The molecule has 21 heavy (non-hydrogen) atoms. The number of aliphatic hydroxyl groups excluding tert-OH is 1. The largest absolute Gasteiger partial charge is 0.388 e. The summed E-state index contributed by atoms with van der Waals surface area (Å²) in [4.78, 5) is 0. The van der Waals surface area contributed by atoms with E-state index in [2.05, 4.69) is 6.07 Å². The Balaban J connectivity index is 2.76. The summed E-state index contributed by atoms with van der Waals surface area (Å²) in [5, 5.41) is 19.3. The summed E-state index contributed by atoms with van der Waals surface area (Å²) in [6, 6.07) is 7.32. The van der Waals surface area contributed by atoms with Gasteiger partial charge in [-0.3, -0.25) is 0 Å². The molecule has 0 bridgehead atoms. The molecule has 0 heterocycles. The first kappa shape index (κ1) is 17.6. The number of rotatable bonds is 9. The summed E-state index contributed by atoms with van der Waals surface area (Å²) in [7, 11) is 3.18. The van der Waals surface area contributed by atoms with Gasteiger partial charge in [-0.1, -0.05) is 6.07 Å². The number of aliphatic hydroxyl groups is 1. The number of hydrogen-bond acceptors (Lipinski definition) is 5. The van der Waals surface area contributed by atoms with Gasteiger partial charge in [0.2, 0.25) is 0 Å². The molecular formula is C16H23NO4. The molecule has 1 rings (SSSR count). The van der Waals surface area contributed by atoms with Gasteiger partial charge in [0.05, 0.1) is 24.3 Å². The molecule has 2 atom stereocenters. The Morgan fingerprint density at radius 3 is 2.62 bits per heavy atom. The summed E-state index contributed by atoms with van der Waals surface area (Å²) in [5.74, 6) is 0. The van der Waals surface area contributed by atoms with E-state index in [0.29, 0.717) is 31.6 Å². The topological polar surface area (TPSA) is 71.7 Å². The molecule has 0 spiro atoms. The van der Waals surface area contributed by atoms with Gasteiger partial charge in [-0.05, 0) is 36.6 Å². The quantitative estimate of drug-likeness (QED) is 0.708. The molecule has 0 fully saturated rings. The van der Waals surface area contributed by atoms with Crippen LogP contribution in [0.25, 0.3) is 0 Å². The van der Waals surface area contributed by atoms with E-state index in [0.717, 1.165) is 11.1 Å². The number of benzene rings is 1. The highest BCUT2D eigenvalue weighted by molar-refractivity contribution is 5.39. The monoisotopic (exact) mass is 293 g/mol. The average molecular weight is 293 g/mol. The number of hydrogen-bond donors (Lipinski definition) is 1. The van der Waals surface area contributed by atoms with Crippen LogP contribution in [-0.2, 0) is 20.8 Å². The Bertz CT molecular complexity index is 470. The van der Waals surface area contributed by atoms with Crippen LogP contribution in [0.1, 0.15) is 42.6 Å². The van der Waals surface area contributed by atoms with Crippen LogP contribution >= 0.6 is 0 Å². The third-order valence-corrected chi connectivity index (χ3v) is 3.22. The molecule has 116 valence electrons. The van der Waals surface area contributed by atoms with Gasteiger partial charge in [-0.15, -0.1) is 0 Å². The molecule has 5 nitrogen and oxygen atoms in total. The van der Waals surface area contributed by atoms with Crippen LogP contribution in [-0.4, -0.2) is 32.2 Å². The van der Waals surface area contributed by atoms with E-state index < -0.39 is 6.10 Å². The molecule has 1 aromatic rings. The number of nitrogens with zero attached hydrogens (tertiary/aromatic N) is 1. The van der Waals surface area contributed by atoms with Crippen LogP contribution in [0.15, 0.2) is 18.2 Å². The molecule has 0 aromatic heterocycles. The highest BCUT2D eigenvalue weighted by atomic mass is 16.7. The molecular weight excluding hydrogens is 270 g/mol. The second-order valence-corrected chi connectivity index (χ2v) is 4.67. The number of methoxy groups -OCH3 is 2. The lowest BCUT2D eigenvalue weighted by Crippen LogP contribution is -2.16. The van der Waals surface area contributed by atoms with Crippen molar-refractivity contribution in [2.24, 2.45) is 0 Å². The van der Waals surface area contributed by atoms with Crippen LogP contribution in [0.2, 0.25) is 0 Å². The van der Waals surface area contributed by atoms with Gasteiger partial charge in [-0.2, -0.15) is 5.26 Å². The first-order valence-electron chi connectivity index (χ1n) is 7.00. The fraction of sp³-hybridized carbons (Fsp3) is 0.562. The Labute approximate surface area is 126 Å². The molecule has 0 aliphatic heterocycles. The maximum absolute atomic E-state index is 10.4. The molecule has 2 unspecified atom stereocenters. The zero-order chi connectivity index (χ0) is 15.7. The molecule has 0 radical (unpaired) electrons. The lowest BCUT2D eigenvalue weighted by molar-refractivity contribution is -0.127. The van der Waals surface area contributed by atoms with Crippen molar-refractivity contribution in [2.45, 2.75) is 38.8 Å². The van der Waals surface area contributed by atoms with Crippen molar-refractivity contribution in [1.29, 1.82) is 5.26 Å². The highest BCUT2D eigenvalue weighted by Gasteiger charge is 2.16. The van der Waals surface area contributed by atoms with Gasteiger partial charge in [0.1, 0.15) is 0 Å². The van der Waals surface area contributed by atoms with E-state index in [9.17, 15) is 5.11 Å². The Hall–Kier alpha value is -1.45. The minimum absolute atomic E-state index is 0.311. The zero-order valence-electron chi connectivity index (χ0n) is 12.8. The maximum Gasteiger partial charge on any atom is 0.157 e. The summed E-state index contributed by atoms with van der Waals surface area (Å²) in [6.07, 6.45) is 0.161. The molecule has 0 aliphatic carbocycles. The van der Waals surface area contributed by atoms with Crippen molar-refractivity contribution < 1.29 is 19.3 Å². The van der Waals surface area contributed by atoms with E-state index in [1.807, 2.05) is 6.92 Å². The lowest BCUT2D eigenvalue weighted by Gasteiger charge is -2.19. The molecule has 1 N–H and O–H groups in total. The van der Waals surface area contributed by atoms with E-state index in [1.54, 1.807) is 32.4 Å². The van der Waals surface area contributed by atoms with Crippen molar-refractivity contribution in [3.05, 3.63) is 34.9 Å². The minimum atomic E-state index is -0.638. The summed E-state index contributed by atoms with van der Waals surface area (Å²) in [5.41, 5.74) is 2.17. The fourth-order valence-electron chi connectivity index (χ4n) is 2.19. The predicted molar refractivity (Wildman–Crippen MR) is 78.5 cm³/mol. The maximum atomic E-state index is 10.4. The minimum Gasteiger partial charge on any atom is -0.388 e. The molecule has 1 aromatic carbocycles. The molecule has 5 heteroatoms. The standard InChI is InChI=1S/C16H23NO4/c1-4-21-16(20-3)8-7-15(18)14-6-5-12(10-17)9-13(14)11-19-2/h5-6,9,15-16,18H,4,7-8,11H2,1-3H3. The van der Waals surface area contributed by atoms with E-state index in [-0.39, 0.29) is 6.29 Å². The van der Waals surface area contributed by atoms with Gasteiger partial charge in [0.15, 0.2) is 6.29 Å². The van der Waals surface area contributed by atoms with Gasteiger partial charge in [0, 0.05) is 27.2 Å². The smallest absolute Gasteiger partial charge is 0.157 e. The lowest BCUT2D eigenvalue weighted by atomic mass is 9.97. The number of nitriles is 1. The van der Waals surface area contributed by atoms with Crippen LogP contribution in [0.3, 0.4) is 0 Å². The van der Waals surface area contributed by atoms with Crippen molar-refractivity contribution in [3.63, 3.8) is 0 Å². The van der Waals surface area contributed by atoms with Crippen molar-refractivity contribution in [1.82, 2.24) is 0 Å². The van der Waals surface area contributed by atoms with Crippen molar-refractivity contribution in [3.8, 4) is 6.07 Å². The molecule has 0 saturated heterocycles. The Kier molecular flexibility index (Phi) is 7.95. The van der Waals surface area contributed by atoms with Crippen molar-refractivity contribution in [2.75, 3.05) is 20.8 Å². The van der Waals surface area contributed by atoms with Crippen LogP contribution in [0.5, 0.6) is 0 Å². The third kappa shape index (κ3) is 5.44. The molecule has 0 saturated carbocycles. The van der Waals surface area contributed by atoms with Gasteiger partial charge >= 0.3 is 0 Å². The van der Waals surface area contributed by atoms with Crippen LogP contribution in [0.4, 0.5) is 0 Å². The highest BCUT2D eigenvalue weighted by Crippen LogP contribution is 2.25. The molecule has 0 aliphatic rings. The zero-order valence-corrected chi connectivity index (χ0v) is 12.8. The first-order valence-corrected chi connectivity index (χ1v) is 7.00. The van der Waals surface area contributed by atoms with Gasteiger partial charge in [-0.25, -0.2) is 0 Å². The summed E-state index contributed by atoms with van der Waals surface area (Å²) >= 11 is 0. The van der Waals surface area contributed by atoms with E-state index >= 15 is 0 Å². The fourth-order valence-corrected chi connectivity index (χ4v) is 2.19. The predicted octanol–water partition coefficient (Wildman–Crippen LogP) is 2.53. The summed E-state index contributed by atoms with van der Waals surface area (Å²) < 4.78 is 15.7. The Morgan fingerprint density at radius 2 is 2.05 bits per heavy atom. The van der Waals surface area contributed by atoms with E-state index in [4.69, 9.17) is 19.5 Å². The van der Waals surface area contributed by atoms with Crippen molar-refractivity contribution >= 4 is 0 Å². The van der Waals surface area contributed by atoms with E-state index in [1.165, 1.54) is 0 Å². The van der Waals surface area contributed by atoms with Gasteiger partial charge < -0.3 is 19.3 Å². The third-order valence-electron chi connectivity index (χ3n) is 3.22. The second-order valence-electron chi connectivity index (χ2n) is 4.67. The Morgan fingerprint density at radius 1 is 1.29 bits per heavy atom. The van der Waals surface area contributed by atoms with Crippen LogP contribution in [0, 0.1) is 11.3 Å². The summed E-state index contributed by atoms with van der Waals surface area (Å²) in [6.45, 7) is 2.83. The normalized spacial score (nSPS) is 13.7. The average Bonchev–Trinajstić information content (AvgIpc) is 2.51.